The molecule has 9 heteroatoms. The fourth-order valence-corrected chi connectivity index (χ4v) is 3.13. The summed E-state index contributed by atoms with van der Waals surface area (Å²) in [6.45, 7) is 8.26. The summed E-state index contributed by atoms with van der Waals surface area (Å²) in [5.41, 5.74) is 0.915. The first-order chi connectivity index (χ1) is 16.9. The summed E-state index contributed by atoms with van der Waals surface area (Å²) in [7, 11) is 0. The molecule has 3 N–H and O–H groups in total. The van der Waals surface area contributed by atoms with Crippen LogP contribution in [0.4, 0.5) is 4.79 Å². The van der Waals surface area contributed by atoms with Crippen molar-refractivity contribution in [3.8, 4) is 0 Å². The molecule has 0 aliphatic rings. The number of carbonyl (C=O) groups excluding carboxylic acids is 4. The van der Waals surface area contributed by atoms with E-state index in [1.54, 1.807) is 20.8 Å². The zero-order valence-electron chi connectivity index (χ0n) is 21.4. The fourth-order valence-electron chi connectivity index (χ4n) is 3.13. The van der Waals surface area contributed by atoms with Gasteiger partial charge in [-0.05, 0) is 45.7 Å². The number of esters is 1. The molecule has 3 atom stereocenters. The van der Waals surface area contributed by atoms with Crippen LogP contribution in [-0.2, 0) is 36.9 Å². The predicted octanol–water partition coefficient (Wildman–Crippen LogP) is 2.88. The van der Waals surface area contributed by atoms with Crippen molar-refractivity contribution in [1.82, 2.24) is 16.0 Å². The van der Waals surface area contributed by atoms with E-state index in [9.17, 15) is 19.2 Å². The number of carbonyl (C=O) groups is 4. The molecule has 9 nitrogen and oxygen atoms in total. The molecular weight excluding hydrogens is 462 g/mol. The van der Waals surface area contributed by atoms with Gasteiger partial charge in [-0.15, -0.1) is 0 Å². The van der Waals surface area contributed by atoms with Crippen LogP contribution in [-0.4, -0.2) is 47.6 Å². The highest BCUT2D eigenvalue weighted by Crippen LogP contribution is 2.09. The monoisotopic (exact) mass is 497 g/mol. The molecule has 0 saturated carbocycles. The van der Waals surface area contributed by atoms with Gasteiger partial charge in [0.1, 0.15) is 30.3 Å². The Morgan fingerprint density at radius 2 is 1.31 bits per heavy atom. The largest absolute Gasteiger partial charge is 0.458 e. The van der Waals surface area contributed by atoms with E-state index in [-0.39, 0.29) is 13.0 Å². The molecule has 0 aliphatic carbocycles. The number of ether oxygens (including phenoxy) is 2. The van der Waals surface area contributed by atoms with Gasteiger partial charge in [-0.3, -0.25) is 9.59 Å². The van der Waals surface area contributed by atoms with Crippen LogP contribution in [0.5, 0.6) is 0 Å². The van der Waals surface area contributed by atoms with Crippen molar-refractivity contribution in [1.29, 1.82) is 0 Å². The van der Waals surface area contributed by atoms with Gasteiger partial charge in [-0.25, -0.2) is 9.59 Å². The van der Waals surface area contributed by atoms with E-state index in [4.69, 9.17) is 9.47 Å². The molecule has 0 spiro atoms. The number of hydrogen-bond acceptors (Lipinski definition) is 6. The number of hydrogen-bond donors (Lipinski definition) is 3. The lowest BCUT2D eigenvalue weighted by atomic mass is 10.0. The van der Waals surface area contributed by atoms with E-state index in [0.717, 1.165) is 11.1 Å². The average Bonchev–Trinajstić information content (AvgIpc) is 2.82. The van der Waals surface area contributed by atoms with E-state index >= 15 is 0 Å². The Bertz CT molecular complexity index is 1020. The molecule has 2 aromatic carbocycles. The summed E-state index contributed by atoms with van der Waals surface area (Å²) in [5, 5.41) is 7.73. The molecule has 194 valence electrons. The Morgan fingerprint density at radius 3 is 1.86 bits per heavy atom. The first-order valence-corrected chi connectivity index (χ1v) is 11.8. The van der Waals surface area contributed by atoms with Gasteiger partial charge in [0.2, 0.25) is 11.8 Å². The Kier molecular flexibility index (Phi) is 10.5. The van der Waals surface area contributed by atoms with Crippen molar-refractivity contribution in [2.24, 2.45) is 0 Å². The number of alkyl carbamates (subject to hydrolysis) is 1. The molecule has 0 saturated heterocycles. The lowest BCUT2D eigenvalue weighted by Crippen LogP contribution is -2.55. The average molecular weight is 498 g/mol. The van der Waals surface area contributed by atoms with Gasteiger partial charge < -0.3 is 25.4 Å². The SMILES string of the molecule is C[C@H](NC(=O)OCc1ccccc1)C(=O)N[C@@H](Cc1ccccc1)C(=O)N[C@@H](C)C(=O)OC(C)(C)C. The van der Waals surface area contributed by atoms with Crippen LogP contribution in [0.1, 0.15) is 45.7 Å². The van der Waals surface area contributed by atoms with Crippen LogP contribution in [0.3, 0.4) is 0 Å². The van der Waals surface area contributed by atoms with Gasteiger partial charge in [0.15, 0.2) is 0 Å². The highest BCUT2D eigenvalue weighted by Gasteiger charge is 2.29. The Labute approximate surface area is 211 Å². The maximum Gasteiger partial charge on any atom is 0.408 e. The molecule has 36 heavy (non-hydrogen) atoms. The summed E-state index contributed by atoms with van der Waals surface area (Å²) in [4.78, 5) is 50.3. The normalized spacial score (nSPS) is 13.5. The summed E-state index contributed by atoms with van der Waals surface area (Å²) < 4.78 is 10.5. The Morgan fingerprint density at radius 1 is 0.750 bits per heavy atom. The number of nitrogens with one attached hydrogen (secondary N) is 3. The Hall–Kier alpha value is -3.88. The third-order valence-corrected chi connectivity index (χ3v) is 4.98. The molecular formula is C27H35N3O6. The topological polar surface area (TPSA) is 123 Å². The van der Waals surface area contributed by atoms with Crippen LogP contribution < -0.4 is 16.0 Å². The quantitative estimate of drug-likeness (QED) is 0.434. The van der Waals surface area contributed by atoms with E-state index in [2.05, 4.69) is 16.0 Å². The lowest BCUT2D eigenvalue weighted by molar-refractivity contribution is -0.158. The summed E-state index contributed by atoms with van der Waals surface area (Å²) in [6.07, 6.45) is -0.575. The Balaban J connectivity index is 2.00. The number of rotatable bonds is 10. The number of benzene rings is 2. The fraction of sp³-hybridized carbons (Fsp3) is 0.407. The molecule has 3 amide bonds. The van der Waals surface area contributed by atoms with Crippen LogP contribution >= 0.6 is 0 Å². The van der Waals surface area contributed by atoms with Gasteiger partial charge in [0.25, 0.3) is 0 Å². The van der Waals surface area contributed by atoms with E-state index in [0.29, 0.717) is 0 Å². The highest BCUT2D eigenvalue weighted by atomic mass is 16.6. The third-order valence-electron chi connectivity index (χ3n) is 4.98. The molecule has 0 fully saturated rings. The lowest BCUT2D eigenvalue weighted by Gasteiger charge is -2.25. The predicted molar refractivity (Wildman–Crippen MR) is 135 cm³/mol. The van der Waals surface area contributed by atoms with Gasteiger partial charge in [0.05, 0.1) is 0 Å². The number of amides is 3. The molecule has 0 aliphatic heterocycles. The van der Waals surface area contributed by atoms with Crippen LogP contribution in [0.2, 0.25) is 0 Å². The second kappa shape index (κ2) is 13.3. The summed E-state index contributed by atoms with van der Waals surface area (Å²) in [5.74, 6) is -1.71. The zero-order valence-corrected chi connectivity index (χ0v) is 21.4. The van der Waals surface area contributed by atoms with Gasteiger partial charge in [-0.2, -0.15) is 0 Å². The van der Waals surface area contributed by atoms with Gasteiger partial charge >= 0.3 is 12.1 Å². The van der Waals surface area contributed by atoms with Crippen molar-refractivity contribution in [2.75, 3.05) is 0 Å². The van der Waals surface area contributed by atoms with Crippen molar-refractivity contribution >= 4 is 23.9 Å². The summed E-state index contributed by atoms with van der Waals surface area (Å²) in [6, 6.07) is 15.4. The summed E-state index contributed by atoms with van der Waals surface area (Å²) >= 11 is 0. The van der Waals surface area contributed by atoms with Crippen molar-refractivity contribution in [2.45, 2.75) is 71.4 Å². The molecule has 2 rings (SSSR count). The molecule has 0 radical (unpaired) electrons. The second-order valence-electron chi connectivity index (χ2n) is 9.44. The standard InChI is InChI=1S/C27H35N3O6/c1-18(29-26(34)35-17-21-14-10-7-11-15-21)23(31)30-22(16-20-12-8-6-9-13-20)24(32)28-19(2)25(33)36-27(3,4)5/h6-15,18-19,22H,16-17H2,1-5H3,(H,28,32)(H,29,34)(H,30,31)/t18-,19-,22-/m0/s1. The molecule has 0 bridgehead atoms. The maximum absolute atomic E-state index is 13.0. The van der Waals surface area contributed by atoms with E-state index in [1.165, 1.54) is 13.8 Å². The highest BCUT2D eigenvalue weighted by molar-refractivity contribution is 5.93. The maximum atomic E-state index is 13.0. The minimum atomic E-state index is -0.991. The first-order valence-electron chi connectivity index (χ1n) is 11.8. The van der Waals surface area contributed by atoms with Crippen molar-refractivity contribution < 1.29 is 28.7 Å². The molecule has 2 aromatic rings. The van der Waals surface area contributed by atoms with Crippen molar-refractivity contribution in [3.05, 3.63) is 71.8 Å². The van der Waals surface area contributed by atoms with Gasteiger partial charge in [0, 0.05) is 6.42 Å². The minimum Gasteiger partial charge on any atom is -0.458 e. The zero-order chi connectivity index (χ0) is 26.7. The van der Waals surface area contributed by atoms with Crippen LogP contribution in [0.15, 0.2) is 60.7 Å². The third kappa shape index (κ3) is 10.2. The molecule has 0 unspecified atom stereocenters. The smallest absolute Gasteiger partial charge is 0.408 e. The van der Waals surface area contributed by atoms with E-state index in [1.807, 2.05) is 60.7 Å². The van der Waals surface area contributed by atoms with Crippen LogP contribution in [0.25, 0.3) is 0 Å². The first kappa shape index (κ1) is 28.4. The molecule has 0 heterocycles. The van der Waals surface area contributed by atoms with Crippen molar-refractivity contribution in [3.63, 3.8) is 0 Å². The minimum absolute atomic E-state index is 0.0581. The van der Waals surface area contributed by atoms with Crippen LogP contribution in [0, 0.1) is 0 Å². The van der Waals surface area contributed by atoms with Gasteiger partial charge in [-0.1, -0.05) is 60.7 Å². The molecule has 0 aromatic heterocycles. The van der Waals surface area contributed by atoms with E-state index < -0.39 is 47.6 Å². The second-order valence-corrected chi connectivity index (χ2v) is 9.44.